The minimum atomic E-state index is -4.44. The molecule has 1 aromatic heterocycles. The van der Waals surface area contributed by atoms with Crippen molar-refractivity contribution >= 4 is 23.5 Å². The third-order valence-corrected chi connectivity index (χ3v) is 2.53. The topological polar surface area (TPSA) is 54.9 Å². The van der Waals surface area contributed by atoms with Crippen LogP contribution in [0, 0.1) is 0 Å². The van der Waals surface area contributed by atoms with Crippen molar-refractivity contribution in [2.24, 2.45) is 0 Å². The Kier molecular flexibility index (Phi) is 3.89. The van der Waals surface area contributed by atoms with Crippen molar-refractivity contribution in [3.8, 4) is 0 Å². The lowest BCUT2D eigenvalue weighted by Gasteiger charge is -2.07. The summed E-state index contributed by atoms with van der Waals surface area (Å²) in [6.07, 6.45) is -3.09. The van der Waals surface area contributed by atoms with Crippen LogP contribution >= 0.6 is 11.6 Å². The van der Waals surface area contributed by atoms with Gasteiger partial charge in [-0.25, -0.2) is 9.97 Å². The lowest BCUT2D eigenvalue weighted by Crippen LogP contribution is -2.14. The Hall–Kier alpha value is -2.15. The molecule has 0 saturated carbocycles. The number of rotatable bonds is 2. The minimum Gasteiger partial charge on any atom is -0.290 e. The number of carbonyl (C=O) groups is 1. The highest BCUT2D eigenvalue weighted by molar-refractivity contribution is 6.29. The number of nitrogens with one attached hydrogen (secondary N) is 1. The summed E-state index contributed by atoms with van der Waals surface area (Å²) in [7, 11) is 0. The van der Waals surface area contributed by atoms with Gasteiger partial charge in [-0.1, -0.05) is 11.6 Å². The maximum absolute atomic E-state index is 12.4. The third-order valence-electron chi connectivity index (χ3n) is 2.32. The molecule has 0 bridgehead atoms. The first kappa shape index (κ1) is 14.3. The molecule has 104 valence electrons. The number of hydrogen-bond acceptors (Lipinski definition) is 3. The van der Waals surface area contributed by atoms with Gasteiger partial charge in [-0.15, -0.1) is 0 Å². The normalized spacial score (nSPS) is 11.2. The maximum atomic E-state index is 12.4. The molecule has 0 spiro atoms. The van der Waals surface area contributed by atoms with E-state index >= 15 is 0 Å². The summed E-state index contributed by atoms with van der Waals surface area (Å²) in [5.41, 5.74) is -0.769. The van der Waals surface area contributed by atoms with Gasteiger partial charge in [0.2, 0.25) is 5.95 Å². The predicted octanol–water partition coefficient (Wildman–Crippen LogP) is 3.40. The van der Waals surface area contributed by atoms with E-state index in [1.165, 1.54) is 12.3 Å². The van der Waals surface area contributed by atoms with E-state index in [2.05, 4.69) is 15.3 Å². The van der Waals surface area contributed by atoms with Crippen molar-refractivity contribution in [1.82, 2.24) is 9.97 Å². The Labute approximate surface area is 116 Å². The van der Waals surface area contributed by atoms with E-state index in [1.807, 2.05) is 0 Å². The highest BCUT2D eigenvalue weighted by Gasteiger charge is 2.30. The quantitative estimate of drug-likeness (QED) is 0.865. The van der Waals surface area contributed by atoms with Gasteiger partial charge in [-0.05, 0) is 30.3 Å². The highest BCUT2D eigenvalue weighted by Crippen LogP contribution is 2.29. The monoisotopic (exact) mass is 301 g/mol. The van der Waals surface area contributed by atoms with E-state index in [-0.39, 0.29) is 16.7 Å². The molecule has 0 fully saturated rings. The van der Waals surface area contributed by atoms with Crippen molar-refractivity contribution in [3.63, 3.8) is 0 Å². The van der Waals surface area contributed by atoms with Crippen LogP contribution in [0.25, 0.3) is 0 Å². The predicted molar refractivity (Wildman–Crippen MR) is 66.4 cm³/mol. The Morgan fingerprint density at radius 3 is 2.35 bits per heavy atom. The molecule has 1 heterocycles. The first-order valence-electron chi connectivity index (χ1n) is 5.33. The minimum absolute atomic E-state index is 0.0256. The van der Waals surface area contributed by atoms with Gasteiger partial charge in [0.15, 0.2) is 0 Å². The van der Waals surface area contributed by atoms with E-state index in [4.69, 9.17) is 11.6 Å². The summed E-state index contributed by atoms with van der Waals surface area (Å²) in [4.78, 5) is 19.3. The average Bonchev–Trinajstić information content (AvgIpc) is 2.38. The first-order valence-corrected chi connectivity index (χ1v) is 5.71. The Bertz CT molecular complexity index is 629. The summed E-state index contributed by atoms with van der Waals surface area (Å²) < 4.78 is 37.1. The number of amides is 1. The standard InChI is InChI=1S/C12H7ClF3N3O/c13-9-5-6-17-11(18-9)19-10(20)7-1-3-8(4-2-7)12(14,15)16/h1-6H,(H,17,18,19,20). The molecule has 0 saturated heterocycles. The molecule has 2 rings (SSSR count). The fourth-order valence-electron chi connectivity index (χ4n) is 1.38. The second-order valence-electron chi connectivity index (χ2n) is 3.73. The zero-order valence-corrected chi connectivity index (χ0v) is 10.5. The van der Waals surface area contributed by atoms with Crippen molar-refractivity contribution in [3.05, 3.63) is 52.8 Å². The average molecular weight is 302 g/mol. The van der Waals surface area contributed by atoms with Crippen LogP contribution in [-0.4, -0.2) is 15.9 Å². The van der Waals surface area contributed by atoms with Gasteiger partial charge in [0.1, 0.15) is 5.15 Å². The van der Waals surface area contributed by atoms with E-state index in [1.54, 1.807) is 0 Å². The molecule has 8 heteroatoms. The molecule has 1 aromatic carbocycles. The summed E-state index contributed by atoms with van der Waals surface area (Å²) in [6.45, 7) is 0. The van der Waals surface area contributed by atoms with Crippen molar-refractivity contribution in [2.45, 2.75) is 6.18 Å². The van der Waals surface area contributed by atoms with Crippen molar-refractivity contribution < 1.29 is 18.0 Å². The van der Waals surface area contributed by atoms with E-state index in [0.717, 1.165) is 24.3 Å². The molecule has 0 radical (unpaired) electrons. The second-order valence-corrected chi connectivity index (χ2v) is 4.12. The van der Waals surface area contributed by atoms with Crippen molar-refractivity contribution in [1.29, 1.82) is 0 Å². The zero-order chi connectivity index (χ0) is 14.8. The maximum Gasteiger partial charge on any atom is 0.416 e. The van der Waals surface area contributed by atoms with E-state index in [9.17, 15) is 18.0 Å². The molecule has 20 heavy (non-hydrogen) atoms. The van der Waals surface area contributed by atoms with E-state index in [0.29, 0.717) is 0 Å². The van der Waals surface area contributed by atoms with Gasteiger partial charge < -0.3 is 0 Å². The van der Waals surface area contributed by atoms with Gasteiger partial charge in [0, 0.05) is 11.8 Å². The molecule has 0 atom stereocenters. The Balaban J connectivity index is 2.14. The van der Waals surface area contributed by atoms with Crippen LogP contribution in [0.2, 0.25) is 5.15 Å². The fourth-order valence-corrected chi connectivity index (χ4v) is 1.52. The highest BCUT2D eigenvalue weighted by atomic mass is 35.5. The number of hydrogen-bond donors (Lipinski definition) is 1. The molecular formula is C12H7ClF3N3O. The largest absolute Gasteiger partial charge is 0.416 e. The van der Waals surface area contributed by atoms with Gasteiger partial charge in [-0.3, -0.25) is 10.1 Å². The van der Waals surface area contributed by atoms with Crippen LogP contribution in [0.15, 0.2) is 36.5 Å². The SMILES string of the molecule is O=C(Nc1nccc(Cl)n1)c1ccc(C(F)(F)F)cc1. The first-order chi connectivity index (χ1) is 9.36. The molecule has 0 aliphatic heterocycles. The molecule has 1 N–H and O–H groups in total. The third kappa shape index (κ3) is 3.45. The van der Waals surface area contributed by atoms with E-state index < -0.39 is 17.6 Å². The molecule has 0 unspecified atom stereocenters. The lowest BCUT2D eigenvalue weighted by atomic mass is 10.1. The van der Waals surface area contributed by atoms with Crippen LogP contribution in [0.4, 0.5) is 19.1 Å². The number of halogens is 4. The van der Waals surface area contributed by atoms with Gasteiger partial charge in [0.25, 0.3) is 5.91 Å². The number of alkyl halides is 3. The van der Waals surface area contributed by atoms with Gasteiger partial charge in [-0.2, -0.15) is 13.2 Å². The molecule has 2 aromatic rings. The van der Waals surface area contributed by atoms with Gasteiger partial charge in [0.05, 0.1) is 5.56 Å². The molecular weight excluding hydrogens is 295 g/mol. The fraction of sp³-hybridized carbons (Fsp3) is 0.0833. The Morgan fingerprint density at radius 1 is 1.15 bits per heavy atom. The smallest absolute Gasteiger partial charge is 0.290 e. The zero-order valence-electron chi connectivity index (χ0n) is 9.78. The lowest BCUT2D eigenvalue weighted by molar-refractivity contribution is -0.137. The molecule has 1 amide bonds. The summed E-state index contributed by atoms with van der Waals surface area (Å²) >= 11 is 5.62. The van der Waals surface area contributed by atoms with Crippen LogP contribution in [-0.2, 0) is 6.18 Å². The van der Waals surface area contributed by atoms with Crippen LogP contribution in [0.1, 0.15) is 15.9 Å². The summed E-state index contributed by atoms with van der Waals surface area (Å²) in [5.74, 6) is -0.650. The second kappa shape index (κ2) is 5.46. The van der Waals surface area contributed by atoms with Crippen LogP contribution in [0.3, 0.4) is 0 Å². The van der Waals surface area contributed by atoms with Gasteiger partial charge >= 0.3 is 6.18 Å². The molecule has 4 nitrogen and oxygen atoms in total. The molecule has 0 aliphatic carbocycles. The van der Waals surface area contributed by atoms with Crippen LogP contribution < -0.4 is 5.32 Å². The Morgan fingerprint density at radius 2 is 1.80 bits per heavy atom. The number of aromatic nitrogens is 2. The summed E-state index contributed by atoms with van der Waals surface area (Å²) in [5, 5.41) is 2.47. The number of anilines is 1. The number of nitrogens with zero attached hydrogens (tertiary/aromatic N) is 2. The molecule has 0 aliphatic rings. The number of benzene rings is 1. The summed E-state index contributed by atoms with van der Waals surface area (Å²) in [6, 6.07) is 5.22. The number of carbonyl (C=O) groups excluding carboxylic acids is 1. The van der Waals surface area contributed by atoms with Crippen molar-refractivity contribution in [2.75, 3.05) is 5.32 Å². The van der Waals surface area contributed by atoms with Crippen LogP contribution in [0.5, 0.6) is 0 Å².